The lowest BCUT2D eigenvalue weighted by molar-refractivity contribution is 0.171. The van der Waals surface area contributed by atoms with Crippen LogP contribution in [0.15, 0.2) is 36.4 Å². The summed E-state index contributed by atoms with van der Waals surface area (Å²) in [5.41, 5.74) is 3.39. The van der Waals surface area contributed by atoms with E-state index in [9.17, 15) is 0 Å². The molecular weight excluding hydrogens is 244 g/mol. The Bertz CT molecular complexity index is 589. The molecule has 0 amide bonds. The van der Waals surface area contributed by atoms with Crippen LogP contribution in [-0.2, 0) is 0 Å². The molecular formula is C13H14N4O2. The molecule has 1 aromatic heterocycles. The first-order valence-corrected chi connectivity index (χ1v) is 5.95. The van der Waals surface area contributed by atoms with Gasteiger partial charge in [0.1, 0.15) is 24.8 Å². The Morgan fingerprint density at radius 2 is 1.79 bits per heavy atom. The van der Waals surface area contributed by atoms with E-state index in [0.29, 0.717) is 24.8 Å². The number of anilines is 3. The molecule has 1 aliphatic rings. The fourth-order valence-corrected chi connectivity index (χ4v) is 1.85. The number of nitrogens with zero attached hydrogens (tertiary/aromatic N) is 1. The molecule has 0 saturated heterocycles. The van der Waals surface area contributed by atoms with Crippen LogP contribution in [0.5, 0.6) is 11.5 Å². The fourth-order valence-electron chi connectivity index (χ4n) is 1.85. The standard InChI is InChI=1S/C13H14N4O2/c14-17-13-3-1-2-12(16-13)15-9-4-5-10-11(8-9)19-7-6-18-10/h1-5,8H,6-7,14H2,(H2,15,16,17). The number of rotatable bonds is 3. The van der Waals surface area contributed by atoms with Gasteiger partial charge in [0.05, 0.1) is 0 Å². The third-order valence-electron chi connectivity index (χ3n) is 2.71. The molecule has 4 N–H and O–H groups in total. The van der Waals surface area contributed by atoms with E-state index in [-0.39, 0.29) is 0 Å². The Hall–Kier alpha value is -2.47. The number of benzene rings is 1. The zero-order chi connectivity index (χ0) is 13.1. The zero-order valence-corrected chi connectivity index (χ0v) is 10.2. The predicted molar refractivity (Wildman–Crippen MR) is 72.8 cm³/mol. The molecule has 6 nitrogen and oxygen atoms in total. The van der Waals surface area contributed by atoms with Crippen LogP contribution in [0.1, 0.15) is 0 Å². The second-order valence-corrected chi connectivity index (χ2v) is 4.04. The molecule has 0 bridgehead atoms. The Labute approximate surface area is 110 Å². The second-order valence-electron chi connectivity index (χ2n) is 4.04. The lowest BCUT2D eigenvalue weighted by Gasteiger charge is -2.19. The summed E-state index contributed by atoms with van der Waals surface area (Å²) in [6.45, 7) is 1.16. The van der Waals surface area contributed by atoms with Gasteiger partial charge < -0.3 is 20.2 Å². The van der Waals surface area contributed by atoms with Crippen molar-refractivity contribution in [2.45, 2.75) is 0 Å². The maximum atomic E-state index is 5.53. The molecule has 19 heavy (non-hydrogen) atoms. The SMILES string of the molecule is NNc1cccc(Nc2ccc3c(c2)OCCO3)n1. The highest BCUT2D eigenvalue weighted by atomic mass is 16.6. The third kappa shape index (κ3) is 2.53. The summed E-state index contributed by atoms with van der Waals surface area (Å²) in [4.78, 5) is 4.28. The van der Waals surface area contributed by atoms with Crippen LogP contribution in [0.3, 0.4) is 0 Å². The number of nitrogens with two attached hydrogens (primary N) is 1. The van der Waals surface area contributed by atoms with Gasteiger partial charge in [0.15, 0.2) is 11.5 Å². The summed E-state index contributed by atoms with van der Waals surface area (Å²) in [7, 11) is 0. The van der Waals surface area contributed by atoms with Crippen molar-refractivity contribution in [3.63, 3.8) is 0 Å². The smallest absolute Gasteiger partial charge is 0.163 e. The molecule has 98 valence electrons. The number of hydrogen-bond acceptors (Lipinski definition) is 6. The molecule has 0 radical (unpaired) electrons. The molecule has 0 fully saturated rings. The number of fused-ring (bicyclic) bond motifs is 1. The summed E-state index contributed by atoms with van der Waals surface area (Å²) in [6.07, 6.45) is 0. The number of hydrogen-bond donors (Lipinski definition) is 3. The lowest BCUT2D eigenvalue weighted by atomic mass is 10.2. The number of hydrazine groups is 1. The van der Waals surface area contributed by atoms with E-state index < -0.39 is 0 Å². The molecule has 0 aliphatic carbocycles. The van der Waals surface area contributed by atoms with E-state index >= 15 is 0 Å². The van der Waals surface area contributed by atoms with Gasteiger partial charge in [-0.2, -0.15) is 0 Å². The van der Waals surface area contributed by atoms with E-state index in [4.69, 9.17) is 15.3 Å². The van der Waals surface area contributed by atoms with Gasteiger partial charge >= 0.3 is 0 Å². The van der Waals surface area contributed by atoms with Crippen molar-refractivity contribution in [3.05, 3.63) is 36.4 Å². The monoisotopic (exact) mass is 258 g/mol. The summed E-state index contributed by atoms with van der Waals surface area (Å²) < 4.78 is 11.0. The number of nitrogens with one attached hydrogen (secondary N) is 2. The maximum Gasteiger partial charge on any atom is 0.163 e. The maximum absolute atomic E-state index is 5.53. The highest BCUT2D eigenvalue weighted by Gasteiger charge is 2.11. The van der Waals surface area contributed by atoms with Crippen molar-refractivity contribution in [2.24, 2.45) is 5.84 Å². The van der Waals surface area contributed by atoms with Crippen molar-refractivity contribution in [3.8, 4) is 11.5 Å². The van der Waals surface area contributed by atoms with Crippen LogP contribution >= 0.6 is 0 Å². The van der Waals surface area contributed by atoms with E-state index in [1.165, 1.54) is 0 Å². The van der Waals surface area contributed by atoms with Crippen molar-refractivity contribution in [1.29, 1.82) is 0 Å². The fraction of sp³-hybridized carbons (Fsp3) is 0.154. The lowest BCUT2D eigenvalue weighted by Crippen LogP contribution is -2.15. The summed E-state index contributed by atoms with van der Waals surface area (Å²) in [6, 6.07) is 11.2. The minimum atomic E-state index is 0.571. The Morgan fingerprint density at radius 3 is 2.63 bits per heavy atom. The first-order valence-electron chi connectivity index (χ1n) is 5.95. The van der Waals surface area contributed by atoms with Gasteiger partial charge in [-0.05, 0) is 24.3 Å². The molecule has 6 heteroatoms. The van der Waals surface area contributed by atoms with Gasteiger partial charge in [-0.1, -0.05) is 6.07 Å². The average molecular weight is 258 g/mol. The third-order valence-corrected chi connectivity index (χ3v) is 2.71. The number of ether oxygens (including phenoxy) is 2. The number of pyridine rings is 1. The first-order chi connectivity index (χ1) is 9.35. The average Bonchev–Trinajstić information content (AvgIpc) is 2.47. The quantitative estimate of drug-likeness (QED) is 0.576. The molecule has 2 aromatic rings. The van der Waals surface area contributed by atoms with Gasteiger partial charge in [0.2, 0.25) is 0 Å². The Morgan fingerprint density at radius 1 is 1.00 bits per heavy atom. The Balaban J connectivity index is 1.82. The van der Waals surface area contributed by atoms with E-state index in [1.807, 2.05) is 30.3 Å². The largest absolute Gasteiger partial charge is 0.486 e. The Kier molecular flexibility index (Phi) is 3.07. The molecule has 0 spiro atoms. The molecule has 2 heterocycles. The normalized spacial score (nSPS) is 12.9. The van der Waals surface area contributed by atoms with E-state index in [2.05, 4.69) is 15.7 Å². The van der Waals surface area contributed by atoms with Gasteiger partial charge in [-0.25, -0.2) is 10.8 Å². The molecule has 3 rings (SSSR count). The van der Waals surface area contributed by atoms with Crippen LogP contribution in [-0.4, -0.2) is 18.2 Å². The van der Waals surface area contributed by atoms with Crippen LogP contribution in [0, 0.1) is 0 Å². The summed E-state index contributed by atoms with van der Waals surface area (Å²) in [5, 5.41) is 3.19. The second kappa shape index (κ2) is 5.03. The van der Waals surface area contributed by atoms with Gasteiger partial charge in [-0.3, -0.25) is 0 Å². The van der Waals surface area contributed by atoms with Gasteiger partial charge in [-0.15, -0.1) is 0 Å². The van der Waals surface area contributed by atoms with Crippen LogP contribution in [0.4, 0.5) is 17.3 Å². The summed E-state index contributed by atoms with van der Waals surface area (Å²) >= 11 is 0. The molecule has 0 saturated carbocycles. The minimum Gasteiger partial charge on any atom is -0.486 e. The highest BCUT2D eigenvalue weighted by Crippen LogP contribution is 2.33. The van der Waals surface area contributed by atoms with Crippen molar-refractivity contribution < 1.29 is 9.47 Å². The van der Waals surface area contributed by atoms with Crippen molar-refractivity contribution in [1.82, 2.24) is 4.98 Å². The molecule has 1 aliphatic heterocycles. The van der Waals surface area contributed by atoms with Crippen molar-refractivity contribution >= 4 is 17.3 Å². The molecule has 0 unspecified atom stereocenters. The topological polar surface area (TPSA) is 81.4 Å². The van der Waals surface area contributed by atoms with Gasteiger partial charge in [0.25, 0.3) is 0 Å². The van der Waals surface area contributed by atoms with Crippen LogP contribution < -0.4 is 26.1 Å². The number of aromatic nitrogens is 1. The van der Waals surface area contributed by atoms with E-state index in [1.54, 1.807) is 6.07 Å². The number of nitrogen functional groups attached to an aromatic ring is 1. The first kappa shape index (κ1) is 11.6. The predicted octanol–water partition coefficient (Wildman–Crippen LogP) is 1.88. The molecule has 1 aromatic carbocycles. The summed E-state index contributed by atoms with van der Waals surface area (Å²) in [5.74, 6) is 8.13. The van der Waals surface area contributed by atoms with Gasteiger partial charge in [0, 0.05) is 11.8 Å². The zero-order valence-electron chi connectivity index (χ0n) is 10.2. The minimum absolute atomic E-state index is 0.571. The van der Waals surface area contributed by atoms with E-state index in [0.717, 1.165) is 17.2 Å². The van der Waals surface area contributed by atoms with Crippen molar-refractivity contribution in [2.75, 3.05) is 24.0 Å². The van der Waals surface area contributed by atoms with Crippen LogP contribution in [0.2, 0.25) is 0 Å². The highest BCUT2D eigenvalue weighted by molar-refractivity contribution is 5.62. The van der Waals surface area contributed by atoms with Crippen LogP contribution in [0.25, 0.3) is 0 Å². The molecule has 0 atom stereocenters.